The fourth-order valence-corrected chi connectivity index (χ4v) is 1.33. The Morgan fingerprint density at radius 1 is 1.58 bits per heavy atom. The Morgan fingerprint density at radius 2 is 2.33 bits per heavy atom. The molecular weight excluding hydrogens is 239 g/mol. The molecule has 0 aromatic heterocycles. The van der Waals surface area contributed by atoms with E-state index >= 15 is 0 Å². The van der Waals surface area contributed by atoms with Gasteiger partial charge in [-0.3, -0.25) is 0 Å². The molecule has 0 saturated heterocycles. The summed E-state index contributed by atoms with van der Waals surface area (Å²) >= 11 is 9.11. The van der Waals surface area contributed by atoms with Crippen LogP contribution in [0, 0.1) is 0 Å². The van der Waals surface area contributed by atoms with E-state index in [0.29, 0.717) is 6.61 Å². The number of hydrogen-bond donors (Lipinski definition) is 0. The van der Waals surface area contributed by atoms with E-state index in [1.807, 2.05) is 31.2 Å². The molecule has 0 fully saturated rings. The van der Waals surface area contributed by atoms with Crippen molar-refractivity contribution in [3.8, 4) is 5.75 Å². The van der Waals surface area contributed by atoms with Gasteiger partial charge in [0.25, 0.3) is 0 Å². The average Bonchev–Trinajstić information content (AvgIpc) is 2.05. The molecule has 0 aliphatic carbocycles. The number of hydrogen-bond acceptors (Lipinski definition) is 1. The van der Waals surface area contributed by atoms with Crippen molar-refractivity contribution >= 4 is 27.5 Å². The van der Waals surface area contributed by atoms with Gasteiger partial charge in [0.05, 0.1) is 6.61 Å². The van der Waals surface area contributed by atoms with Crippen LogP contribution in [0.25, 0.3) is 0 Å². The quantitative estimate of drug-likeness (QED) is 0.742. The topological polar surface area (TPSA) is 9.23 Å². The lowest BCUT2D eigenvalue weighted by molar-refractivity contribution is 0.340. The van der Waals surface area contributed by atoms with Gasteiger partial charge in [-0.25, -0.2) is 0 Å². The lowest BCUT2D eigenvalue weighted by Crippen LogP contribution is -1.91. The van der Waals surface area contributed by atoms with Gasteiger partial charge < -0.3 is 4.74 Å². The summed E-state index contributed by atoms with van der Waals surface area (Å²) in [4.78, 5) is 0. The maximum atomic E-state index is 5.84. The van der Waals surface area contributed by atoms with Crippen LogP contribution in [-0.4, -0.2) is 6.61 Å². The smallest absolute Gasteiger partial charge is 0.119 e. The lowest BCUT2D eigenvalue weighted by Gasteiger charge is -2.05. The summed E-state index contributed by atoms with van der Waals surface area (Å²) < 4.78 is 5.18. The third-order valence-electron chi connectivity index (χ3n) is 1.42. The Hall–Kier alpha value is -0.210. The monoisotopic (exact) mass is 248 g/mol. The van der Waals surface area contributed by atoms with Gasteiger partial charge in [-0.1, -0.05) is 28.1 Å². The number of rotatable bonds is 3. The Labute approximate surface area is 85.8 Å². The third-order valence-corrected chi connectivity index (χ3v) is 2.20. The predicted molar refractivity (Wildman–Crippen MR) is 55.1 cm³/mol. The van der Waals surface area contributed by atoms with Gasteiger partial charge in [0.2, 0.25) is 0 Å². The van der Waals surface area contributed by atoms with E-state index in [4.69, 9.17) is 16.3 Å². The molecule has 1 atom stereocenters. The first-order chi connectivity index (χ1) is 5.74. The second kappa shape index (κ2) is 4.73. The van der Waals surface area contributed by atoms with Crippen LogP contribution >= 0.6 is 27.5 Å². The summed E-state index contributed by atoms with van der Waals surface area (Å²) in [6.07, 6.45) is 0. The predicted octanol–water partition coefficient (Wildman–Crippen LogP) is 3.72. The Morgan fingerprint density at radius 3 is 2.92 bits per heavy atom. The summed E-state index contributed by atoms with van der Waals surface area (Å²) in [5.74, 6) is 0.861. The molecule has 1 nitrogen and oxygen atoms in total. The van der Waals surface area contributed by atoms with Crippen molar-refractivity contribution in [2.45, 2.75) is 11.2 Å². The first kappa shape index (κ1) is 9.87. The van der Waals surface area contributed by atoms with Crippen LogP contribution < -0.4 is 4.74 Å². The SMILES string of the molecule is CCOc1cccc(C(Cl)Br)c1. The molecule has 0 amide bonds. The summed E-state index contributed by atoms with van der Waals surface area (Å²) in [6.45, 7) is 2.64. The lowest BCUT2D eigenvalue weighted by atomic mass is 10.2. The molecular formula is C9H10BrClO. The highest BCUT2D eigenvalue weighted by atomic mass is 79.9. The largest absolute Gasteiger partial charge is 0.494 e. The van der Waals surface area contributed by atoms with Gasteiger partial charge in [-0.15, -0.1) is 11.6 Å². The van der Waals surface area contributed by atoms with Gasteiger partial charge in [0.1, 0.15) is 10.0 Å². The number of benzene rings is 1. The summed E-state index contributed by atoms with van der Waals surface area (Å²) in [6, 6.07) is 7.72. The van der Waals surface area contributed by atoms with Crippen molar-refractivity contribution in [2.75, 3.05) is 6.61 Å². The molecule has 66 valence electrons. The molecule has 0 N–H and O–H groups in total. The van der Waals surface area contributed by atoms with Crippen LogP contribution in [0.3, 0.4) is 0 Å². The maximum Gasteiger partial charge on any atom is 0.119 e. The highest BCUT2D eigenvalue weighted by Crippen LogP contribution is 2.28. The van der Waals surface area contributed by atoms with E-state index in [9.17, 15) is 0 Å². The normalized spacial score (nSPS) is 12.6. The van der Waals surface area contributed by atoms with E-state index in [-0.39, 0.29) is 4.29 Å². The van der Waals surface area contributed by atoms with Crippen LogP contribution in [-0.2, 0) is 0 Å². The average molecular weight is 250 g/mol. The van der Waals surface area contributed by atoms with Gasteiger partial charge in [-0.2, -0.15) is 0 Å². The highest BCUT2D eigenvalue weighted by molar-refractivity contribution is 9.09. The summed E-state index contributed by atoms with van der Waals surface area (Å²) in [5, 5.41) is 0. The van der Waals surface area contributed by atoms with Gasteiger partial charge in [0, 0.05) is 0 Å². The van der Waals surface area contributed by atoms with Crippen molar-refractivity contribution in [2.24, 2.45) is 0 Å². The van der Waals surface area contributed by atoms with E-state index in [2.05, 4.69) is 15.9 Å². The van der Waals surface area contributed by atoms with E-state index in [1.165, 1.54) is 0 Å². The molecule has 12 heavy (non-hydrogen) atoms. The zero-order valence-electron chi connectivity index (χ0n) is 6.76. The van der Waals surface area contributed by atoms with Gasteiger partial charge in [0.15, 0.2) is 0 Å². The van der Waals surface area contributed by atoms with Crippen LogP contribution in [0.4, 0.5) is 0 Å². The first-order valence-electron chi connectivity index (χ1n) is 3.75. The molecule has 1 unspecified atom stereocenters. The molecule has 0 aliphatic rings. The number of ether oxygens (including phenoxy) is 1. The zero-order chi connectivity index (χ0) is 8.97. The minimum atomic E-state index is -0.141. The molecule has 1 aromatic rings. The number of halogens is 2. The van der Waals surface area contributed by atoms with Crippen LogP contribution in [0.5, 0.6) is 5.75 Å². The fraction of sp³-hybridized carbons (Fsp3) is 0.333. The maximum absolute atomic E-state index is 5.84. The van der Waals surface area contributed by atoms with E-state index in [1.54, 1.807) is 0 Å². The second-order valence-electron chi connectivity index (χ2n) is 2.31. The van der Waals surface area contributed by atoms with Crippen molar-refractivity contribution in [1.82, 2.24) is 0 Å². The van der Waals surface area contributed by atoms with Crippen LogP contribution in [0.2, 0.25) is 0 Å². The van der Waals surface area contributed by atoms with Crippen molar-refractivity contribution < 1.29 is 4.74 Å². The molecule has 0 aliphatic heterocycles. The van der Waals surface area contributed by atoms with Crippen molar-refractivity contribution in [3.63, 3.8) is 0 Å². The minimum Gasteiger partial charge on any atom is -0.494 e. The van der Waals surface area contributed by atoms with E-state index in [0.717, 1.165) is 11.3 Å². The molecule has 0 spiro atoms. The summed E-state index contributed by atoms with van der Waals surface area (Å²) in [7, 11) is 0. The minimum absolute atomic E-state index is 0.141. The van der Waals surface area contributed by atoms with Crippen LogP contribution in [0.1, 0.15) is 16.8 Å². The Kier molecular flexibility index (Phi) is 3.89. The first-order valence-corrected chi connectivity index (χ1v) is 5.10. The van der Waals surface area contributed by atoms with Gasteiger partial charge in [-0.05, 0) is 24.6 Å². The van der Waals surface area contributed by atoms with Crippen molar-refractivity contribution in [3.05, 3.63) is 29.8 Å². The molecule has 0 heterocycles. The third kappa shape index (κ3) is 2.68. The Bertz CT molecular complexity index is 250. The summed E-state index contributed by atoms with van der Waals surface area (Å²) in [5.41, 5.74) is 1.02. The zero-order valence-corrected chi connectivity index (χ0v) is 9.10. The highest BCUT2D eigenvalue weighted by Gasteiger charge is 2.02. The van der Waals surface area contributed by atoms with Crippen LogP contribution in [0.15, 0.2) is 24.3 Å². The molecule has 0 radical (unpaired) electrons. The standard InChI is InChI=1S/C9H10BrClO/c1-2-12-8-5-3-4-7(6-8)9(10)11/h3-6,9H,2H2,1H3. The van der Waals surface area contributed by atoms with E-state index < -0.39 is 0 Å². The fourth-order valence-electron chi connectivity index (χ4n) is 0.907. The molecule has 1 rings (SSSR count). The van der Waals surface area contributed by atoms with Crippen molar-refractivity contribution in [1.29, 1.82) is 0 Å². The molecule has 3 heteroatoms. The number of alkyl halides is 2. The molecule has 1 aromatic carbocycles. The second-order valence-corrected chi connectivity index (χ2v) is 4.19. The van der Waals surface area contributed by atoms with Gasteiger partial charge >= 0.3 is 0 Å². The molecule has 0 bridgehead atoms. The molecule has 0 saturated carbocycles. The Balaban J connectivity index is 2.81.